The molecule has 0 bridgehead atoms. The van der Waals surface area contributed by atoms with E-state index in [-0.39, 0.29) is 38.1 Å². The number of benzene rings is 1. The lowest BCUT2D eigenvalue weighted by atomic mass is 9.84. The molecule has 1 aliphatic heterocycles. The fourth-order valence-electron chi connectivity index (χ4n) is 3.47. The van der Waals surface area contributed by atoms with Gasteiger partial charge in [0.05, 0.1) is 17.8 Å². The molecule has 0 unspecified atom stereocenters. The van der Waals surface area contributed by atoms with Crippen molar-refractivity contribution in [1.82, 2.24) is 4.98 Å². The van der Waals surface area contributed by atoms with Crippen LogP contribution >= 0.6 is 0 Å². The van der Waals surface area contributed by atoms with Crippen molar-refractivity contribution in [3.63, 3.8) is 0 Å². The highest BCUT2D eigenvalue weighted by atomic mass is 19.3. The number of rotatable bonds is 5. The summed E-state index contributed by atoms with van der Waals surface area (Å²) in [6.07, 6.45) is 0.623. The molecule has 1 aromatic carbocycles. The van der Waals surface area contributed by atoms with Crippen molar-refractivity contribution >= 4 is 28.5 Å². The van der Waals surface area contributed by atoms with Gasteiger partial charge in [0.25, 0.3) is 5.91 Å². The summed E-state index contributed by atoms with van der Waals surface area (Å²) in [5.74, 6) is -6.47. The standard InChI is InChI=1S/C19H21F2N3O4/c1-2-28-16(25)13-11-23-14-6-4-3-5-12(14)15(13)24-9-7-18(27,8-10-24)19(20,21)17(22)26/h3-6,11,27H,2,7-10H2,1H3,(H2,22,26). The predicted molar refractivity (Wildman–Crippen MR) is 98.2 cm³/mol. The van der Waals surface area contributed by atoms with Crippen molar-refractivity contribution in [1.29, 1.82) is 0 Å². The van der Waals surface area contributed by atoms with E-state index in [1.165, 1.54) is 6.20 Å². The van der Waals surface area contributed by atoms with Gasteiger partial charge in [-0.05, 0) is 13.0 Å². The molecule has 0 saturated carbocycles. The van der Waals surface area contributed by atoms with Crippen LogP contribution < -0.4 is 10.6 Å². The van der Waals surface area contributed by atoms with Gasteiger partial charge in [-0.3, -0.25) is 9.78 Å². The van der Waals surface area contributed by atoms with Crippen LogP contribution in [0, 0.1) is 0 Å². The van der Waals surface area contributed by atoms with Crippen LogP contribution in [0.5, 0.6) is 0 Å². The number of aromatic nitrogens is 1. The Kier molecular flexibility index (Phi) is 5.20. The molecule has 3 rings (SSSR count). The van der Waals surface area contributed by atoms with E-state index in [9.17, 15) is 23.5 Å². The van der Waals surface area contributed by atoms with Gasteiger partial charge in [-0.1, -0.05) is 18.2 Å². The summed E-state index contributed by atoms with van der Waals surface area (Å²) in [5.41, 5.74) is 3.60. The first-order valence-corrected chi connectivity index (χ1v) is 8.91. The number of amides is 1. The van der Waals surface area contributed by atoms with E-state index >= 15 is 0 Å². The molecule has 28 heavy (non-hydrogen) atoms. The molecule has 7 nitrogen and oxygen atoms in total. The summed E-state index contributed by atoms with van der Waals surface area (Å²) >= 11 is 0. The molecule has 1 fully saturated rings. The van der Waals surface area contributed by atoms with E-state index in [4.69, 9.17) is 10.5 Å². The maximum atomic E-state index is 14.1. The van der Waals surface area contributed by atoms with Gasteiger partial charge in [0.1, 0.15) is 11.2 Å². The van der Waals surface area contributed by atoms with E-state index in [1.807, 2.05) is 0 Å². The zero-order valence-electron chi connectivity index (χ0n) is 15.3. The molecule has 1 amide bonds. The highest BCUT2D eigenvalue weighted by Gasteiger charge is 2.58. The lowest BCUT2D eigenvalue weighted by Gasteiger charge is -2.42. The third-order valence-corrected chi connectivity index (χ3v) is 5.04. The number of fused-ring (bicyclic) bond motifs is 1. The molecule has 150 valence electrons. The molecular weight excluding hydrogens is 372 g/mol. The van der Waals surface area contributed by atoms with Crippen LogP contribution in [0.1, 0.15) is 30.1 Å². The molecule has 3 N–H and O–H groups in total. The number of piperidine rings is 1. The summed E-state index contributed by atoms with van der Waals surface area (Å²) in [6.45, 7) is 1.86. The first-order valence-electron chi connectivity index (χ1n) is 8.91. The lowest BCUT2D eigenvalue weighted by molar-refractivity contribution is -0.195. The molecule has 0 spiro atoms. The van der Waals surface area contributed by atoms with Crippen molar-refractivity contribution in [3.8, 4) is 0 Å². The molecule has 1 aliphatic rings. The van der Waals surface area contributed by atoms with Crippen LogP contribution in [0.2, 0.25) is 0 Å². The van der Waals surface area contributed by atoms with Crippen molar-refractivity contribution < 1.29 is 28.2 Å². The van der Waals surface area contributed by atoms with Crippen LogP contribution in [0.25, 0.3) is 10.9 Å². The van der Waals surface area contributed by atoms with Gasteiger partial charge in [0.2, 0.25) is 0 Å². The molecule has 0 radical (unpaired) electrons. The minimum Gasteiger partial charge on any atom is -0.462 e. The Morgan fingerprint density at radius 2 is 1.96 bits per heavy atom. The number of carbonyl (C=O) groups is 2. The zero-order chi connectivity index (χ0) is 20.5. The lowest BCUT2D eigenvalue weighted by Crippen LogP contribution is -2.60. The van der Waals surface area contributed by atoms with Crippen molar-refractivity contribution in [3.05, 3.63) is 36.0 Å². The second-order valence-electron chi connectivity index (χ2n) is 6.72. The number of ether oxygens (including phenoxy) is 1. The Morgan fingerprint density at radius 1 is 1.32 bits per heavy atom. The highest BCUT2D eigenvalue weighted by Crippen LogP contribution is 2.40. The fourth-order valence-corrected chi connectivity index (χ4v) is 3.47. The van der Waals surface area contributed by atoms with Gasteiger partial charge < -0.3 is 20.5 Å². The number of para-hydroxylation sites is 1. The van der Waals surface area contributed by atoms with Gasteiger partial charge in [-0.25, -0.2) is 4.79 Å². The number of nitrogens with two attached hydrogens (primary N) is 1. The van der Waals surface area contributed by atoms with Crippen LogP contribution in [0.15, 0.2) is 30.5 Å². The van der Waals surface area contributed by atoms with E-state index in [0.717, 1.165) is 0 Å². The molecule has 9 heteroatoms. The predicted octanol–water partition coefficient (Wildman–Crippen LogP) is 1.86. The van der Waals surface area contributed by atoms with Gasteiger partial charge in [0, 0.05) is 37.5 Å². The number of halogens is 2. The Labute approximate surface area is 160 Å². The monoisotopic (exact) mass is 393 g/mol. The van der Waals surface area contributed by atoms with Crippen LogP contribution in [0.3, 0.4) is 0 Å². The third-order valence-electron chi connectivity index (χ3n) is 5.04. The topological polar surface area (TPSA) is 106 Å². The second kappa shape index (κ2) is 7.31. The van der Waals surface area contributed by atoms with Gasteiger partial charge >= 0.3 is 11.9 Å². The number of carbonyl (C=O) groups excluding carboxylic acids is 2. The SMILES string of the molecule is CCOC(=O)c1cnc2ccccc2c1N1CCC(O)(C(F)(F)C(N)=O)CC1. The largest absolute Gasteiger partial charge is 0.462 e. The summed E-state index contributed by atoms with van der Waals surface area (Å²) in [7, 11) is 0. The Hall–Kier alpha value is -2.81. The smallest absolute Gasteiger partial charge is 0.352 e. The third kappa shape index (κ3) is 3.26. The first-order chi connectivity index (χ1) is 13.2. The fraction of sp³-hybridized carbons (Fsp3) is 0.421. The van der Waals surface area contributed by atoms with Crippen LogP contribution in [-0.2, 0) is 9.53 Å². The van der Waals surface area contributed by atoms with Crippen LogP contribution in [0.4, 0.5) is 14.5 Å². The van der Waals surface area contributed by atoms with E-state index in [1.54, 1.807) is 36.1 Å². The summed E-state index contributed by atoms with van der Waals surface area (Å²) in [5, 5.41) is 11.0. The second-order valence-corrected chi connectivity index (χ2v) is 6.72. The normalized spacial score (nSPS) is 16.8. The van der Waals surface area contributed by atoms with Crippen LogP contribution in [-0.4, -0.2) is 53.2 Å². The minimum atomic E-state index is -4.04. The average Bonchev–Trinajstić information content (AvgIpc) is 2.67. The first kappa shape index (κ1) is 19.9. The number of alkyl halides is 2. The van der Waals surface area contributed by atoms with E-state index < -0.39 is 23.4 Å². The summed E-state index contributed by atoms with van der Waals surface area (Å²) in [4.78, 5) is 29.5. The molecular formula is C19H21F2N3O4. The minimum absolute atomic E-state index is 0.000216. The molecule has 1 aromatic heterocycles. The molecule has 0 atom stereocenters. The number of nitrogens with zero attached hydrogens (tertiary/aromatic N) is 2. The van der Waals surface area contributed by atoms with Crippen molar-refractivity contribution in [2.75, 3.05) is 24.6 Å². The molecule has 0 aliphatic carbocycles. The maximum Gasteiger partial charge on any atom is 0.352 e. The zero-order valence-corrected chi connectivity index (χ0v) is 15.3. The van der Waals surface area contributed by atoms with Crippen molar-refractivity contribution in [2.24, 2.45) is 5.73 Å². The van der Waals surface area contributed by atoms with E-state index in [0.29, 0.717) is 16.6 Å². The number of esters is 1. The Balaban J connectivity index is 1.99. The molecule has 1 saturated heterocycles. The van der Waals surface area contributed by atoms with Crippen molar-refractivity contribution in [2.45, 2.75) is 31.3 Å². The Morgan fingerprint density at radius 3 is 2.57 bits per heavy atom. The number of anilines is 1. The van der Waals surface area contributed by atoms with Gasteiger partial charge in [-0.2, -0.15) is 8.78 Å². The number of pyridine rings is 1. The molecule has 2 heterocycles. The highest BCUT2D eigenvalue weighted by molar-refractivity contribution is 6.05. The Bertz CT molecular complexity index is 911. The van der Waals surface area contributed by atoms with Gasteiger partial charge in [0.15, 0.2) is 0 Å². The maximum absolute atomic E-state index is 14.1. The average molecular weight is 393 g/mol. The number of primary amides is 1. The summed E-state index contributed by atoms with van der Waals surface area (Å²) < 4.78 is 33.3. The molecule has 2 aromatic rings. The number of aliphatic hydroxyl groups is 1. The quantitative estimate of drug-likeness (QED) is 0.752. The van der Waals surface area contributed by atoms with E-state index in [2.05, 4.69) is 4.98 Å². The van der Waals surface area contributed by atoms with Gasteiger partial charge in [-0.15, -0.1) is 0 Å². The number of hydrogen-bond donors (Lipinski definition) is 2. The summed E-state index contributed by atoms with van der Waals surface area (Å²) in [6, 6.07) is 7.13. The number of hydrogen-bond acceptors (Lipinski definition) is 6.